The van der Waals surface area contributed by atoms with Gasteiger partial charge in [-0.25, -0.2) is 0 Å². The van der Waals surface area contributed by atoms with Crippen molar-refractivity contribution in [3.05, 3.63) is 42.5 Å². The molecule has 0 amide bonds. The standard InChI is InChI=1S/C17H22N2O2/c1-4-12-21-16-7-5-6-15(17(16)18)19(2)13-8-10-14(20-3)11-9-13/h5-11H,4,12,18H2,1-3H3. The molecule has 0 radical (unpaired) electrons. The lowest BCUT2D eigenvalue weighted by Crippen LogP contribution is -2.12. The van der Waals surface area contributed by atoms with Gasteiger partial charge in [-0.2, -0.15) is 0 Å². The summed E-state index contributed by atoms with van der Waals surface area (Å²) in [5, 5.41) is 0. The minimum Gasteiger partial charge on any atom is -0.497 e. The molecule has 112 valence electrons. The molecule has 0 fully saturated rings. The fraction of sp³-hybridized carbons (Fsp3) is 0.294. The van der Waals surface area contributed by atoms with E-state index in [0.717, 1.165) is 29.3 Å². The van der Waals surface area contributed by atoms with Crippen LogP contribution in [0.2, 0.25) is 0 Å². The molecule has 0 aliphatic heterocycles. The molecule has 4 heteroatoms. The molecule has 2 aromatic rings. The fourth-order valence-corrected chi connectivity index (χ4v) is 2.11. The average molecular weight is 286 g/mol. The molecule has 0 aromatic heterocycles. The maximum absolute atomic E-state index is 6.23. The van der Waals surface area contributed by atoms with Gasteiger partial charge in [0.25, 0.3) is 0 Å². The van der Waals surface area contributed by atoms with Crippen LogP contribution in [0.3, 0.4) is 0 Å². The predicted molar refractivity (Wildman–Crippen MR) is 87.7 cm³/mol. The molecule has 2 rings (SSSR count). The Bertz CT molecular complexity index is 582. The molecular formula is C17H22N2O2. The number of hydrogen-bond acceptors (Lipinski definition) is 4. The van der Waals surface area contributed by atoms with Crippen LogP contribution in [0.1, 0.15) is 13.3 Å². The lowest BCUT2D eigenvalue weighted by Gasteiger charge is -2.22. The van der Waals surface area contributed by atoms with E-state index >= 15 is 0 Å². The number of ether oxygens (including phenoxy) is 2. The van der Waals surface area contributed by atoms with Crippen molar-refractivity contribution < 1.29 is 9.47 Å². The smallest absolute Gasteiger partial charge is 0.144 e. The number of benzene rings is 2. The maximum atomic E-state index is 6.23. The highest BCUT2D eigenvalue weighted by molar-refractivity contribution is 5.78. The van der Waals surface area contributed by atoms with Crippen LogP contribution < -0.4 is 20.1 Å². The lowest BCUT2D eigenvalue weighted by atomic mass is 10.2. The highest BCUT2D eigenvalue weighted by Gasteiger charge is 2.11. The van der Waals surface area contributed by atoms with E-state index in [0.29, 0.717) is 12.3 Å². The number of nitrogens with zero attached hydrogens (tertiary/aromatic N) is 1. The van der Waals surface area contributed by atoms with Crippen LogP contribution in [0.4, 0.5) is 17.1 Å². The summed E-state index contributed by atoms with van der Waals surface area (Å²) in [6, 6.07) is 13.7. The summed E-state index contributed by atoms with van der Waals surface area (Å²) in [7, 11) is 3.64. The second-order valence-electron chi connectivity index (χ2n) is 4.79. The number of nitrogen functional groups attached to an aromatic ring is 1. The van der Waals surface area contributed by atoms with E-state index in [1.807, 2.05) is 54.4 Å². The van der Waals surface area contributed by atoms with Crippen molar-refractivity contribution in [1.82, 2.24) is 0 Å². The zero-order valence-electron chi connectivity index (χ0n) is 12.8. The Morgan fingerprint density at radius 3 is 2.43 bits per heavy atom. The molecule has 21 heavy (non-hydrogen) atoms. The number of anilines is 3. The third kappa shape index (κ3) is 3.40. The van der Waals surface area contributed by atoms with Gasteiger partial charge in [-0.3, -0.25) is 0 Å². The molecule has 2 aromatic carbocycles. The molecule has 0 spiro atoms. The van der Waals surface area contributed by atoms with Crippen LogP contribution in [0.15, 0.2) is 42.5 Å². The first-order chi connectivity index (χ1) is 10.2. The van der Waals surface area contributed by atoms with E-state index in [9.17, 15) is 0 Å². The Balaban J connectivity index is 2.27. The van der Waals surface area contributed by atoms with Crippen molar-refractivity contribution in [2.24, 2.45) is 0 Å². The van der Waals surface area contributed by atoms with Gasteiger partial charge < -0.3 is 20.1 Å². The molecule has 0 heterocycles. The minimum atomic E-state index is 0.657. The average Bonchev–Trinajstić information content (AvgIpc) is 2.53. The molecule has 2 N–H and O–H groups in total. The number of hydrogen-bond donors (Lipinski definition) is 1. The normalized spacial score (nSPS) is 10.2. The maximum Gasteiger partial charge on any atom is 0.144 e. The van der Waals surface area contributed by atoms with E-state index in [1.54, 1.807) is 7.11 Å². The van der Waals surface area contributed by atoms with E-state index in [4.69, 9.17) is 15.2 Å². The summed E-state index contributed by atoms with van der Waals surface area (Å²) in [5.74, 6) is 1.56. The van der Waals surface area contributed by atoms with Crippen molar-refractivity contribution in [3.63, 3.8) is 0 Å². The van der Waals surface area contributed by atoms with Gasteiger partial charge in [0.05, 0.1) is 25.1 Å². The van der Waals surface area contributed by atoms with Crippen LogP contribution in [0.25, 0.3) is 0 Å². The Hall–Kier alpha value is -2.36. The van der Waals surface area contributed by atoms with Crippen LogP contribution in [0.5, 0.6) is 11.5 Å². The molecule has 0 bridgehead atoms. The molecule has 0 atom stereocenters. The molecule has 0 saturated carbocycles. The fourth-order valence-electron chi connectivity index (χ4n) is 2.11. The van der Waals surface area contributed by atoms with Gasteiger partial charge in [0.15, 0.2) is 0 Å². The number of rotatable bonds is 6. The summed E-state index contributed by atoms with van der Waals surface area (Å²) in [5.41, 5.74) is 8.85. The van der Waals surface area contributed by atoms with E-state index in [2.05, 4.69) is 6.92 Å². The summed E-state index contributed by atoms with van der Waals surface area (Å²) >= 11 is 0. The quantitative estimate of drug-likeness (QED) is 0.820. The molecule has 4 nitrogen and oxygen atoms in total. The number of methoxy groups -OCH3 is 1. The molecule has 0 aliphatic rings. The van der Waals surface area contributed by atoms with Crippen LogP contribution in [0, 0.1) is 0 Å². The van der Waals surface area contributed by atoms with Gasteiger partial charge in [0.2, 0.25) is 0 Å². The van der Waals surface area contributed by atoms with Crippen molar-refractivity contribution in [2.75, 3.05) is 31.4 Å². The van der Waals surface area contributed by atoms with E-state index < -0.39 is 0 Å². The highest BCUT2D eigenvalue weighted by atomic mass is 16.5. The number of nitrogens with two attached hydrogens (primary N) is 1. The Morgan fingerprint density at radius 1 is 1.10 bits per heavy atom. The monoisotopic (exact) mass is 286 g/mol. The van der Waals surface area contributed by atoms with Gasteiger partial charge in [-0.15, -0.1) is 0 Å². The zero-order chi connectivity index (χ0) is 15.2. The Morgan fingerprint density at radius 2 is 1.81 bits per heavy atom. The van der Waals surface area contributed by atoms with Gasteiger partial charge in [-0.05, 0) is 42.8 Å². The molecule has 0 saturated heterocycles. The summed E-state index contributed by atoms with van der Waals surface area (Å²) in [4.78, 5) is 2.04. The largest absolute Gasteiger partial charge is 0.497 e. The van der Waals surface area contributed by atoms with Gasteiger partial charge in [0, 0.05) is 12.7 Å². The summed E-state index contributed by atoms with van der Waals surface area (Å²) in [6.45, 7) is 2.74. The first-order valence-corrected chi connectivity index (χ1v) is 7.06. The van der Waals surface area contributed by atoms with E-state index in [1.165, 1.54) is 0 Å². The SMILES string of the molecule is CCCOc1cccc(N(C)c2ccc(OC)cc2)c1N. The second-order valence-corrected chi connectivity index (χ2v) is 4.79. The topological polar surface area (TPSA) is 47.7 Å². The third-order valence-corrected chi connectivity index (χ3v) is 3.33. The van der Waals surface area contributed by atoms with Crippen LogP contribution in [-0.4, -0.2) is 20.8 Å². The first-order valence-electron chi connectivity index (χ1n) is 7.06. The molecule has 0 unspecified atom stereocenters. The first kappa shape index (κ1) is 15.0. The Labute approximate surface area is 126 Å². The highest BCUT2D eigenvalue weighted by Crippen LogP contribution is 2.35. The van der Waals surface area contributed by atoms with Crippen LogP contribution >= 0.6 is 0 Å². The third-order valence-electron chi connectivity index (χ3n) is 3.33. The Kier molecular flexibility index (Phi) is 4.93. The molecule has 0 aliphatic carbocycles. The second kappa shape index (κ2) is 6.88. The van der Waals surface area contributed by atoms with Crippen molar-refractivity contribution in [1.29, 1.82) is 0 Å². The van der Waals surface area contributed by atoms with Crippen molar-refractivity contribution in [3.8, 4) is 11.5 Å². The van der Waals surface area contributed by atoms with Gasteiger partial charge in [-0.1, -0.05) is 13.0 Å². The summed E-state index contributed by atoms with van der Waals surface area (Å²) < 4.78 is 10.9. The van der Waals surface area contributed by atoms with Crippen molar-refractivity contribution in [2.45, 2.75) is 13.3 Å². The number of para-hydroxylation sites is 1. The van der Waals surface area contributed by atoms with E-state index in [-0.39, 0.29) is 0 Å². The minimum absolute atomic E-state index is 0.657. The zero-order valence-corrected chi connectivity index (χ0v) is 12.8. The van der Waals surface area contributed by atoms with Gasteiger partial charge in [0.1, 0.15) is 11.5 Å². The molecular weight excluding hydrogens is 264 g/mol. The lowest BCUT2D eigenvalue weighted by molar-refractivity contribution is 0.319. The summed E-state index contributed by atoms with van der Waals surface area (Å²) in [6.07, 6.45) is 0.956. The van der Waals surface area contributed by atoms with Gasteiger partial charge >= 0.3 is 0 Å². The predicted octanol–water partition coefficient (Wildman–Crippen LogP) is 3.83. The van der Waals surface area contributed by atoms with Crippen molar-refractivity contribution >= 4 is 17.1 Å². The van der Waals surface area contributed by atoms with Crippen LogP contribution in [-0.2, 0) is 0 Å².